The van der Waals surface area contributed by atoms with Gasteiger partial charge in [-0.3, -0.25) is 0 Å². The molecule has 0 radical (unpaired) electrons. The molecule has 18 heavy (non-hydrogen) atoms. The molecule has 3 atom stereocenters. The SMILES string of the molecule is CC1CCOB(CCC(C)B2OCCC(C)O2)O1. The molecule has 0 aromatic carbocycles. The maximum absolute atomic E-state index is 5.81. The Balaban J connectivity index is 1.68. The third kappa shape index (κ3) is 4.26. The molecule has 0 N–H and O–H groups in total. The van der Waals surface area contributed by atoms with Crippen molar-refractivity contribution in [2.24, 2.45) is 0 Å². The zero-order valence-electron chi connectivity index (χ0n) is 11.8. The summed E-state index contributed by atoms with van der Waals surface area (Å²) in [5.41, 5.74) is 0. The fourth-order valence-corrected chi connectivity index (χ4v) is 2.40. The molecule has 6 heteroatoms. The van der Waals surface area contributed by atoms with Crippen LogP contribution < -0.4 is 0 Å². The lowest BCUT2D eigenvalue weighted by molar-refractivity contribution is 0.0705. The monoisotopic (exact) mass is 254 g/mol. The number of rotatable bonds is 4. The van der Waals surface area contributed by atoms with Crippen LogP contribution >= 0.6 is 0 Å². The normalized spacial score (nSPS) is 31.5. The highest BCUT2D eigenvalue weighted by Crippen LogP contribution is 2.25. The van der Waals surface area contributed by atoms with E-state index in [2.05, 4.69) is 20.8 Å². The van der Waals surface area contributed by atoms with E-state index < -0.39 is 0 Å². The highest BCUT2D eigenvalue weighted by molar-refractivity contribution is 6.47. The minimum atomic E-state index is -0.0604. The van der Waals surface area contributed by atoms with E-state index in [1.807, 2.05) is 0 Å². The summed E-state index contributed by atoms with van der Waals surface area (Å²) >= 11 is 0. The van der Waals surface area contributed by atoms with Crippen LogP contribution in [0.4, 0.5) is 0 Å². The lowest BCUT2D eigenvalue weighted by atomic mass is 9.65. The van der Waals surface area contributed by atoms with Crippen molar-refractivity contribution in [3.05, 3.63) is 0 Å². The average Bonchev–Trinajstić information content (AvgIpc) is 2.36. The Hall–Kier alpha value is -0.0301. The Labute approximate surface area is 111 Å². The Kier molecular flexibility index (Phi) is 5.55. The Morgan fingerprint density at radius 1 is 1.06 bits per heavy atom. The molecule has 2 rings (SSSR count). The molecular weight excluding hydrogens is 230 g/mol. The van der Waals surface area contributed by atoms with Crippen LogP contribution in [0.15, 0.2) is 0 Å². The zero-order valence-corrected chi connectivity index (χ0v) is 11.8. The van der Waals surface area contributed by atoms with Crippen LogP contribution in [-0.2, 0) is 18.6 Å². The van der Waals surface area contributed by atoms with E-state index in [1.165, 1.54) is 0 Å². The van der Waals surface area contributed by atoms with E-state index in [4.69, 9.17) is 18.6 Å². The van der Waals surface area contributed by atoms with Crippen LogP contribution in [0.3, 0.4) is 0 Å². The topological polar surface area (TPSA) is 36.9 Å². The van der Waals surface area contributed by atoms with Crippen molar-refractivity contribution in [1.29, 1.82) is 0 Å². The van der Waals surface area contributed by atoms with Gasteiger partial charge in [-0.25, -0.2) is 0 Å². The van der Waals surface area contributed by atoms with E-state index >= 15 is 0 Å². The summed E-state index contributed by atoms with van der Waals surface area (Å²) in [7, 11) is -0.105. The molecule has 2 heterocycles. The zero-order chi connectivity index (χ0) is 13.0. The third-order valence-corrected chi connectivity index (χ3v) is 3.71. The first-order valence-corrected chi connectivity index (χ1v) is 7.19. The summed E-state index contributed by atoms with van der Waals surface area (Å²) in [6, 6.07) is 0. The Morgan fingerprint density at radius 3 is 2.39 bits per heavy atom. The minimum absolute atomic E-state index is 0.0442. The second-order valence-corrected chi connectivity index (χ2v) is 5.56. The second kappa shape index (κ2) is 6.94. The van der Waals surface area contributed by atoms with Gasteiger partial charge >= 0.3 is 14.2 Å². The van der Waals surface area contributed by atoms with E-state index in [9.17, 15) is 0 Å². The first kappa shape index (κ1) is 14.4. The lowest BCUT2D eigenvalue weighted by Gasteiger charge is -2.30. The second-order valence-electron chi connectivity index (χ2n) is 5.56. The maximum atomic E-state index is 5.81. The van der Waals surface area contributed by atoms with Gasteiger partial charge in [0.05, 0.1) is 0 Å². The van der Waals surface area contributed by atoms with Crippen molar-refractivity contribution >= 4 is 14.2 Å². The summed E-state index contributed by atoms with van der Waals surface area (Å²) in [6.45, 7) is 8.01. The van der Waals surface area contributed by atoms with Gasteiger partial charge in [0.1, 0.15) is 0 Å². The van der Waals surface area contributed by atoms with Crippen molar-refractivity contribution in [1.82, 2.24) is 0 Å². The van der Waals surface area contributed by atoms with Crippen molar-refractivity contribution < 1.29 is 18.6 Å². The molecule has 0 amide bonds. The molecule has 0 aliphatic carbocycles. The van der Waals surface area contributed by atoms with Crippen LogP contribution in [0.2, 0.25) is 12.1 Å². The van der Waals surface area contributed by atoms with Crippen LogP contribution in [0.25, 0.3) is 0 Å². The van der Waals surface area contributed by atoms with Gasteiger partial charge in [-0.05, 0) is 38.8 Å². The van der Waals surface area contributed by atoms with E-state index in [-0.39, 0.29) is 14.2 Å². The minimum Gasteiger partial charge on any atom is -0.411 e. The molecule has 0 aromatic heterocycles. The van der Waals surface area contributed by atoms with Gasteiger partial charge in [-0.1, -0.05) is 13.3 Å². The van der Waals surface area contributed by atoms with Crippen LogP contribution in [0, 0.1) is 0 Å². The molecular formula is C12H24B2O4. The predicted octanol–water partition coefficient (Wildman–Crippen LogP) is 2.39. The molecule has 0 aromatic rings. The van der Waals surface area contributed by atoms with Crippen LogP contribution in [0.5, 0.6) is 0 Å². The molecule has 2 aliphatic heterocycles. The molecule has 2 fully saturated rings. The van der Waals surface area contributed by atoms with Gasteiger partial charge in [-0.2, -0.15) is 0 Å². The van der Waals surface area contributed by atoms with Gasteiger partial charge in [0.2, 0.25) is 0 Å². The largest absolute Gasteiger partial charge is 0.460 e. The van der Waals surface area contributed by atoms with Crippen LogP contribution in [-0.4, -0.2) is 39.7 Å². The maximum Gasteiger partial charge on any atom is 0.460 e. The number of hydrogen-bond acceptors (Lipinski definition) is 4. The van der Waals surface area contributed by atoms with Gasteiger partial charge in [0.15, 0.2) is 0 Å². The van der Waals surface area contributed by atoms with Gasteiger partial charge < -0.3 is 18.6 Å². The van der Waals surface area contributed by atoms with E-state index in [0.717, 1.165) is 38.8 Å². The smallest absolute Gasteiger partial charge is 0.411 e. The highest BCUT2D eigenvalue weighted by atomic mass is 16.6. The van der Waals surface area contributed by atoms with Crippen molar-refractivity contribution in [2.45, 2.75) is 64.4 Å². The molecule has 2 saturated heterocycles. The van der Waals surface area contributed by atoms with Crippen molar-refractivity contribution in [3.63, 3.8) is 0 Å². The molecule has 0 bridgehead atoms. The summed E-state index contributed by atoms with van der Waals surface area (Å²) in [4.78, 5) is 0. The molecule has 4 nitrogen and oxygen atoms in total. The lowest BCUT2D eigenvalue weighted by Crippen LogP contribution is -2.39. The summed E-state index contributed by atoms with van der Waals surface area (Å²) < 4.78 is 22.8. The van der Waals surface area contributed by atoms with Crippen molar-refractivity contribution in [2.75, 3.05) is 13.2 Å². The molecule has 0 spiro atoms. The van der Waals surface area contributed by atoms with E-state index in [1.54, 1.807) is 0 Å². The standard InChI is InChI=1S/C12H24B2O4/c1-10(14-16-9-6-12(3)18-14)4-7-13-15-8-5-11(2)17-13/h10-12H,4-9H2,1-3H3. The predicted molar refractivity (Wildman–Crippen MR) is 72.6 cm³/mol. The molecule has 102 valence electrons. The quantitative estimate of drug-likeness (QED) is 0.721. The third-order valence-electron chi connectivity index (χ3n) is 3.71. The van der Waals surface area contributed by atoms with Gasteiger partial charge in [-0.15, -0.1) is 0 Å². The Morgan fingerprint density at radius 2 is 1.72 bits per heavy atom. The van der Waals surface area contributed by atoms with Crippen LogP contribution in [0.1, 0.15) is 40.0 Å². The molecule has 2 aliphatic rings. The first-order valence-electron chi connectivity index (χ1n) is 7.19. The average molecular weight is 254 g/mol. The summed E-state index contributed by atoms with van der Waals surface area (Å²) in [5.74, 6) is 0.386. The summed E-state index contributed by atoms with van der Waals surface area (Å²) in [5, 5.41) is 0. The highest BCUT2D eigenvalue weighted by Gasteiger charge is 2.34. The van der Waals surface area contributed by atoms with Crippen molar-refractivity contribution in [3.8, 4) is 0 Å². The molecule has 0 saturated carbocycles. The summed E-state index contributed by atoms with van der Waals surface area (Å²) in [6.07, 6.45) is 4.56. The van der Waals surface area contributed by atoms with E-state index in [0.29, 0.717) is 18.0 Å². The van der Waals surface area contributed by atoms with Gasteiger partial charge in [0.25, 0.3) is 0 Å². The van der Waals surface area contributed by atoms with Gasteiger partial charge in [0, 0.05) is 25.4 Å². The fourth-order valence-electron chi connectivity index (χ4n) is 2.40. The number of hydrogen-bond donors (Lipinski definition) is 0. The molecule has 3 unspecified atom stereocenters. The first-order chi connectivity index (χ1) is 8.65. The Bertz CT molecular complexity index is 254. The fraction of sp³-hybridized carbons (Fsp3) is 1.00.